The lowest BCUT2D eigenvalue weighted by molar-refractivity contribution is 0.127. The molecule has 0 unspecified atom stereocenters. The number of hydrogen-bond acceptors (Lipinski definition) is 4. The lowest BCUT2D eigenvalue weighted by atomic mass is 10.1. The number of nitrogens with one attached hydrogen (secondary N) is 2. The van der Waals surface area contributed by atoms with Crippen LogP contribution in [0.2, 0.25) is 5.02 Å². The maximum Gasteiger partial charge on any atom is 0.219 e. The maximum absolute atomic E-state index is 9.37. The van der Waals surface area contributed by atoms with Gasteiger partial charge in [-0.3, -0.25) is 0 Å². The van der Waals surface area contributed by atoms with Gasteiger partial charge in [-0.2, -0.15) is 10.7 Å². The summed E-state index contributed by atoms with van der Waals surface area (Å²) in [5.74, 6) is 0. The SMILES string of the molecule is N#C[C@@](/C=C/c1ccccc1)(NO)Nc1cccc(Cl)c1. The fourth-order valence-corrected chi connectivity index (χ4v) is 1.97. The highest BCUT2D eigenvalue weighted by Gasteiger charge is 2.25. The molecule has 0 saturated carbocycles. The van der Waals surface area contributed by atoms with Gasteiger partial charge in [0.2, 0.25) is 5.66 Å². The molecular weight excluding hydrogens is 286 g/mol. The van der Waals surface area contributed by atoms with Gasteiger partial charge in [-0.15, -0.1) is 0 Å². The number of nitrogens with zero attached hydrogens (tertiary/aromatic N) is 1. The summed E-state index contributed by atoms with van der Waals surface area (Å²) >= 11 is 5.91. The van der Waals surface area contributed by atoms with Crippen LogP contribution in [0.5, 0.6) is 0 Å². The Labute approximate surface area is 128 Å². The van der Waals surface area contributed by atoms with Crippen molar-refractivity contribution in [2.45, 2.75) is 5.66 Å². The molecule has 21 heavy (non-hydrogen) atoms. The highest BCUT2D eigenvalue weighted by molar-refractivity contribution is 6.30. The monoisotopic (exact) mass is 299 g/mol. The third kappa shape index (κ3) is 4.07. The molecule has 0 aliphatic carbocycles. The van der Waals surface area contributed by atoms with Crippen molar-refractivity contribution in [3.63, 3.8) is 0 Å². The van der Waals surface area contributed by atoms with Crippen LogP contribution in [0.25, 0.3) is 6.08 Å². The van der Waals surface area contributed by atoms with Gasteiger partial charge in [-0.1, -0.05) is 54.1 Å². The minimum Gasteiger partial charge on any atom is -0.351 e. The third-order valence-corrected chi connectivity index (χ3v) is 3.08. The zero-order valence-electron chi connectivity index (χ0n) is 11.1. The first-order valence-electron chi connectivity index (χ1n) is 6.28. The molecule has 3 N–H and O–H groups in total. The number of nitriles is 1. The van der Waals surface area contributed by atoms with Crippen LogP contribution in [-0.4, -0.2) is 10.9 Å². The predicted octanol–water partition coefficient (Wildman–Crippen LogP) is 3.66. The summed E-state index contributed by atoms with van der Waals surface area (Å²) in [6.45, 7) is 0. The summed E-state index contributed by atoms with van der Waals surface area (Å²) in [6, 6.07) is 18.4. The van der Waals surface area contributed by atoms with E-state index in [1.165, 1.54) is 0 Å². The molecule has 4 nitrogen and oxygen atoms in total. The largest absolute Gasteiger partial charge is 0.351 e. The van der Waals surface area contributed by atoms with E-state index in [0.29, 0.717) is 10.7 Å². The van der Waals surface area contributed by atoms with Crippen LogP contribution >= 0.6 is 11.6 Å². The Balaban J connectivity index is 2.24. The Hall–Kier alpha value is -2.32. The number of benzene rings is 2. The van der Waals surface area contributed by atoms with E-state index in [0.717, 1.165) is 5.56 Å². The second-order valence-corrected chi connectivity index (χ2v) is 4.85. The van der Waals surface area contributed by atoms with Crippen molar-refractivity contribution >= 4 is 23.4 Å². The fraction of sp³-hybridized carbons (Fsp3) is 0.0625. The molecule has 5 heteroatoms. The fourth-order valence-electron chi connectivity index (χ4n) is 1.78. The van der Waals surface area contributed by atoms with Crippen LogP contribution in [0, 0.1) is 11.3 Å². The van der Waals surface area contributed by atoms with Crippen LogP contribution in [0.4, 0.5) is 5.69 Å². The second-order valence-electron chi connectivity index (χ2n) is 4.41. The Morgan fingerprint density at radius 1 is 1.14 bits per heavy atom. The standard InChI is InChI=1S/C16H14ClN3O/c17-14-7-4-8-15(11-14)19-16(12-18,20-21)10-9-13-5-2-1-3-6-13/h1-11,19-21H/b10-9+/t16-/m1/s1. The summed E-state index contributed by atoms with van der Waals surface area (Å²) in [6.07, 6.45) is 3.28. The molecule has 2 aromatic carbocycles. The van der Waals surface area contributed by atoms with Crippen LogP contribution in [0.3, 0.4) is 0 Å². The highest BCUT2D eigenvalue weighted by Crippen LogP contribution is 2.19. The van der Waals surface area contributed by atoms with Crippen LogP contribution in [0.1, 0.15) is 5.56 Å². The lowest BCUT2D eigenvalue weighted by Crippen LogP contribution is -2.47. The van der Waals surface area contributed by atoms with E-state index in [1.807, 2.05) is 41.9 Å². The molecule has 0 fully saturated rings. The Bertz CT molecular complexity index is 667. The molecule has 1 atom stereocenters. The topological polar surface area (TPSA) is 68.1 Å². The quantitative estimate of drug-likeness (QED) is 0.582. The molecule has 2 rings (SSSR count). The molecule has 0 bridgehead atoms. The van der Waals surface area contributed by atoms with Gasteiger partial charge >= 0.3 is 0 Å². The first-order chi connectivity index (χ1) is 10.2. The smallest absolute Gasteiger partial charge is 0.219 e. The molecule has 0 spiro atoms. The molecule has 0 aliphatic rings. The Morgan fingerprint density at radius 3 is 2.52 bits per heavy atom. The average molecular weight is 300 g/mol. The number of hydrogen-bond donors (Lipinski definition) is 3. The van der Waals surface area contributed by atoms with Crippen LogP contribution < -0.4 is 10.8 Å². The van der Waals surface area contributed by atoms with Crippen molar-refractivity contribution in [3.8, 4) is 6.07 Å². The van der Waals surface area contributed by atoms with Gasteiger partial charge in [0.25, 0.3) is 0 Å². The molecule has 0 amide bonds. The van der Waals surface area contributed by atoms with E-state index in [4.69, 9.17) is 11.6 Å². The van der Waals surface area contributed by atoms with E-state index >= 15 is 0 Å². The number of hydroxylamine groups is 1. The van der Waals surface area contributed by atoms with E-state index in [9.17, 15) is 10.5 Å². The van der Waals surface area contributed by atoms with E-state index in [2.05, 4.69) is 5.32 Å². The Morgan fingerprint density at radius 2 is 1.90 bits per heavy atom. The highest BCUT2D eigenvalue weighted by atomic mass is 35.5. The molecule has 0 saturated heterocycles. The van der Waals surface area contributed by atoms with Crippen molar-refractivity contribution in [2.24, 2.45) is 0 Å². The van der Waals surface area contributed by atoms with Gasteiger partial charge < -0.3 is 10.5 Å². The van der Waals surface area contributed by atoms with Gasteiger partial charge in [-0.25, -0.2) is 0 Å². The first kappa shape index (κ1) is 15.1. The predicted molar refractivity (Wildman–Crippen MR) is 83.8 cm³/mol. The second kappa shape index (κ2) is 6.91. The van der Waals surface area contributed by atoms with Gasteiger partial charge in [0.05, 0.1) is 0 Å². The molecule has 0 aliphatic heterocycles. The summed E-state index contributed by atoms with van der Waals surface area (Å²) < 4.78 is 0. The van der Waals surface area contributed by atoms with Gasteiger partial charge in [0, 0.05) is 10.7 Å². The van der Waals surface area contributed by atoms with E-state index in [-0.39, 0.29) is 0 Å². The molecule has 106 valence electrons. The summed E-state index contributed by atoms with van der Waals surface area (Å²) in [7, 11) is 0. The van der Waals surface area contributed by atoms with E-state index < -0.39 is 5.66 Å². The van der Waals surface area contributed by atoms with Gasteiger partial charge in [-0.05, 0) is 29.8 Å². The van der Waals surface area contributed by atoms with Gasteiger partial charge in [0.1, 0.15) is 6.07 Å². The third-order valence-electron chi connectivity index (χ3n) is 2.84. The zero-order valence-corrected chi connectivity index (χ0v) is 11.9. The molecular formula is C16H14ClN3O. The van der Waals surface area contributed by atoms with Crippen LogP contribution in [0.15, 0.2) is 60.7 Å². The minimum atomic E-state index is -1.44. The molecule has 0 aromatic heterocycles. The van der Waals surface area contributed by atoms with Crippen molar-refractivity contribution in [1.82, 2.24) is 5.48 Å². The summed E-state index contributed by atoms with van der Waals surface area (Å²) in [5, 5.41) is 22.2. The molecule has 0 heterocycles. The van der Waals surface area contributed by atoms with E-state index in [1.54, 1.807) is 36.4 Å². The average Bonchev–Trinajstić information content (AvgIpc) is 2.53. The zero-order chi connectivity index (χ0) is 15.1. The van der Waals surface area contributed by atoms with Crippen molar-refractivity contribution in [2.75, 3.05) is 5.32 Å². The van der Waals surface area contributed by atoms with Gasteiger partial charge in [0.15, 0.2) is 0 Å². The minimum absolute atomic E-state index is 0.539. The maximum atomic E-state index is 9.37. The number of anilines is 1. The lowest BCUT2D eigenvalue weighted by Gasteiger charge is -2.23. The normalized spacial score (nSPS) is 13.6. The van der Waals surface area contributed by atoms with Crippen LogP contribution in [-0.2, 0) is 0 Å². The summed E-state index contributed by atoms with van der Waals surface area (Å²) in [5.41, 5.74) is 2.09. The number of rotatable bonds is 5. The first-order valence-corrected chi connectivity index (χ1v) is 6.66. The van der Waals surface area contributed by atoms with Crippen molar-refractivity contribution in [1.29, 1.82) is 5.26 Å². The Kier molecular flexibility index (Phi) is 4.96. The van der Waals surface area contributed by atoms with Crippen molar-refractivity contribution < 1.29 is 5.21 Å². The molecule has 2 aromatic rings. The van der Waals surface area contributed by atoms with Crippen molar-refractivity contribution in [3.05, 3.63) is 71.3 Å². The molecule has 0 radical (unpaired) electrons. The summed E-state index contributed by atoms with van der Waals surface area (Å²) in [4.78, 5) is 0. The number of halogens is 1.